The molecule has 94 valence electrons. The Morgan fingerprint density at radius 2 is 2.06 bits per heavy atom. The monoisotopic (exact) mass is 245 g/mol. The van der Waals surface area contributed by atoms with Gasteiger partial charge in [-0.2, -0.15) is 9.78 Å². The molecule has 0 radical (unpaired) electrons. The summed E-state index contributed by atoms with van der Waals surface area (Å²) in [6.07, 6.45) is -4.61. The molecule has 0 aliphatic carbocycles. The molecular weight excluding hydrogens is 234 g/mol. The van der Waals surface area contributed by atoms with Crippen LogP contribution in [-0.4, -0.2) is 55.0 Å². The van der Waals surface area contributed by atoms with Gasteiger partial charge in [0.1, 0.15) is 24.5 Å². The summed E-state index contributed by atoms with van der Waals surface area (Å²) >= 11 is 0. The molecule has 1 fully saturated rings. The van der Waals surface area contributed by atoms with E-state index in [-0.39, 0.29) is 6.61 Å². The Morgan fingerprint density at radius 1 is 1.35 bits per heavy atom. The number of hydrogen-bond donors (Lipinski definition) is 4. The second-order valence-electron chi connectivity index (χ2n) is 3.66. The van der Waals surface area contributed by atoms with Crippen molar-refractivity contribution in [2.75, 3.05) is 6.61 Å². The highest BCUT2D eigenvalue weighted by Gasteiger charge is 2.39. The van der Waals surface area contributed by atoms with E-state index in [2.05, 4.69) is 5.10 Å². The molecule has 9 nitrogen and oxygen atoms in total. The maximum absolute atomic E-state index is 11.4. The Bertz CT molecular complexity index is 510. The zero-order valence-corrected chi connectivity index (χ0v) is 8.55. The first-order chi connectivity index (χ1) is 8.00. The van der Waals surface area contributed by atoms with Gasteiger partial charge in [-0.1, -0.05) is 0 Å². The third-order valence-electron chi connectivity index (χ3n) is 2.45. The number of nitrogens with zero attached hydrogens (tertiary/aromatic N) is 2. The minimum Gasteiger partial charge on any atom is -0.388 e. The lowest BCUT2D eigenvalue weighted by molar-refractivity contribution is -0.215. The molecule has 1 aromatic heterocycles. The smallest absolute Gasteiger partial charge is 0.347 e. The van der Waals surface area contributed by atoms with Crippen molar-refractivity contribution in [3.05, 3.63) is 27.0 Å². The zero-order chi connectivity index (χ0) is 12.6. The highest BCUT2D eigenvalue weighted by Crippen LogP contribution is 2.21. The molecule has 0 amide bonds. The fourth-order valence-corrected chi connectivity index (χ4v) is 1.55. The van der Waals surface area contributed by atoms with Gasteiger partial charge in [0.15, 0.2) is 6.23 Å². The number of ether oxygens (including phenoxy) is 1. The predicted octanol–water partition coefficient (Wildman–Crippen LogP) is -3.46. The van der Waals surface area contributed by atoms with Crippen molar-refractivity contribution in [2.45, 2.75) is 24.5 Å². The molecule has 1 aromatic rings. The molecule has 2 heterocycles. The van der Waals surface area contributed by atoms with Crippen LogP contribution in [-0.2, 0) is 4.74 Å². The van der Waals surface area contributed by atoms with E-state index >= 15 is 0 Å². The Morgan fingerprint density at radius 3 is 2.71 bits per heavy atom. The molecule has 0 spiro atoms. The maximum Gasteiger partial charge on any atom is 0.347 e. The van der Waals surface area contributed by atoms with E-state index < -0.39 is 35.8 Å². The molecule has 4 atom stereocenters. The quantitative estimate of drug-likeness (QED) is 0.403. The van der Waals surface area contributed by atoms with Crippen LogP contribution in [0.3, 0.4) is 0 Å². The topological polar surface area (TPSA) is 138 Å². The van der Waals surface area contributed by atoms with Gasteiger partial charge >= 0.3 is 5.69 Å². The van der Waals surface area contributed by atoms with E-state index in [1.165, 1.54) is 0 Å². The SMILES string of the molecule is O=c1cnn([C@@H]2OC[C@@H](O)[C@@H](O)[C@H]2O)c(=O)[nH]1. The highest BCUT2D eigenvalue weighted by molar-refractivity contribution is 4.85. The average Bonchev–Trinajstić information content (AvgIpc) is 2.28. The van der Waals surface area contributed by atoms with Crippen molar-refractivity contribution in [1.29, 1.82) is 0 Å². The van der Waals surface area contributed by atoms with Crippen LogP contribution in [0, 0.1) is 0 Å². The third kappa shape index (κ3) is 2.13. The normalized spacial score (nSPS) is 33.6. The lowest BCUT2D eigenvalue weighted by Crippen LogP contribution is -2.53. The molecule has 2 rings (SSSR count). The molecule has 1 saturated heterocycles. The van der Waals surface area contributed by atoms with Crippen LogP contribution in [0.2, 0.25) is 0 Å². The molecule has 4 N–H and O–H groups in total. The fourth-order valence-electron chi connectivity index (χ4n) is 1.55. The van der Waals surface area contributed by atoms with Crippen molar-refractivity contribution in [3.8, 4) is 0 Å². The van der Waals surface area contributed by atoms with Gasteiger partial charge in [0, 0.05) is 0 Å². The van der Waals surface area contributed by atoms with Crippen LogP contribution in [0.4, 0.5) is 0 Å². The van der Waals surface area contributed by atoms with E-state index in [1.807, 2.05) is 4.98 Å². The average molecular weight is 245 g/mol. The van der Waals surface area contributed by atoms with Crippen LogP contribution >= 0.6 is 0 Å². The summed E-state index contributed by atoms with van der Waals surface area (Å²) in [4.78, 5) is 24.1. The molecule has 0 unspecified atom stereocenters. The number of H-pyrrole nitrogens is 1. The van der Waals surface area contributed by atoms with Gasteiger partial charge in [0.25, 0.3) is 5.56 Å². The first-order valence-corrected chi connectivity index (χ1v) is 4.84. The van der Waals surface area contributed by atoms with E-state index in [1.54, 1.807) is 0 Å². The minimum atomic E-state index is -1.52. The number of hydrogen-bond acceptors (Lipinski definition) is 7. The molecule has 0 aromatic carbocycles. The molecule has 17 heavy (non-hydrogen) atoms. The van der Waals surface area contributed by atoms with Crippen LogP contribution < -0.4 is 11.2 Å². The summed E-state index contributed by atoms with van der Waals surface area (Å²) in [7, 11) is 0. The van der Waals surface area contributed by atoms with Crippen LogP contribution in [0.25, 0.3) is 0 Å². The van der Waals surface area contributed by atoms with Crippen LogP contribution in [0.1, 0.15) is 6.23 Å². The van der Waals surface area contributed by atoms with Gasteiger partial charge in [-0.05, 0) is 0 Å². The van der Waals surface area contributed by atoms with Crippen molar-refractivity contribution in [3.63, 3.8) is 0 Å². The standard InChI is InChI=1S/C8H11N3O6/c12-3-2-17-7(6(15)5(3)14)11-8(16)10-4(13)1-9-11/h1,3,5-7,12,14-15H,2H2,(H,10,13,16)/t3-,5-,6-,7-/m1/s1. The Balaban J connectivity index is 2.34. The number of aromatic amines is 1. The first-order valence-electron chi connectivity index (χ1n) is 4.84. The first kappa shape index (κ1) is 11.9. The second-order valence-corrected chi connectivity index (χ2v) is 3.66. The predicted molar refractivity (Wildman–Crippen MR) is 52.1 cm³/mol. The van der Waals surface area contributed by atoms with Gasteiger partial charge < -0.3 is 20.1 Å². The van der Waals surface area contributed by atoms with E-state index in [0.717, 1.165) is 6.20 Å². The molecule has 0 saturated carbocycles. The van der Waals surface area contributed by atoms with Crippen molar-refractivity contribution in [2.24, 2.45) is 0 Å². The van der Waals surface area contributed by atoms with Crippen molar-refractivity contribution in [1.82, 2.24) is 14.8 Å². The number of rotatable bonds is 1. The molecule has 1 aliphatic rings. The molecule has 0 bridgehead atoms. The Labute approximate surface area is 93.9 Å². The van der Waals surface area contributed by atoms with Gasteiger partial charge in [-0.15, -0.1) is 0 Å². The number of aromatic nitrogens is 3. The van der Waals surface area contributed by atoms with E-state index in [0.29, 0.717) is 4.68 Å². The lowest BCUT2D eigenvalue weighted by atomic mass is 10.0. The van der Waals surface area contributed by atoms with Gasteiger partial charge in [0.2, 0.25) is 0 Å². The summed E-state index contributed by atoms with van der Waals surface area (Å²) in [5, 5.41) is 31.8. The fraction of sp³-hybridized carbons (Fsp3) is 0.625. The molecular formula is C8H11N3O6. The summed E-state index contributed by atoms with van der Waals surface area (Å²) in [6, 6.07) is 0. The van der Waals surface area contributed by atoms with E-state index in [9.17, 15) is 24.9 Å². The van der Waals surface area contributed by atoms with Gasteiger partial charge in [-0.3, -0.25) is 9.78 Å². The summed E-state index contributed by atoms with van der Waals surface area (Å²) < 4.78 is 5.69. The molecule has 9 heteroatoms. The summed E-state index contributed by atoms with van der Waals surface area (Å²) in [5.41, 5.74) is -1.55. The van der Waals surface area contributed by atoms with Gasteiger partial charge in [0.05, 0.1) is 6.61 Å². The largest absolute Gasteiger partial charge is 0.388 e. The lowest BCUT2D eigenvalue weighted by Gasteiger charge is -2.34. The van der Waals surface area contributed by atoms with E-state index in [4.69, 9.17) is 4.74 Å². The Kier molecular flexibility index (Phi) is 3.07. The third-order valence-corrected chi connectivity index (χ3v) is 2.45. The summed E-state index contributed by atoms with van der Waals surface area (Å²) in [6.45, 7) is -0.254. The minimum absolute atomic E-state index is 0.254. The van der Waals surface area contributed by atoms with Gasteiger partial charge in [-0.25, -0.2) is 4.79 Å². The number of aliphatic hydroxyl groups excluding tert-OH is 3. The zero-order valence-electron chi connectivity index (χ0n) is 8.55. The van der Waals surface area contributed by atoms with Crippen LogP contribution in [0.15, 0.2) is 15.8 Å². The van der Waals surface area contributed by atoms with Crippen LogP contribution in [0.5, 0.6) is 0 Å². The highest BCUT2D eigenvalue weighted by atomic mass is 16.5. The second kappa shape index (κ2) is 4.37. The number of nitrogens with one attached hydrogen (secondary N) is 1. The Hall–Kier alpha value is -1.55. The maximum atomic E-state index is 11.4. The number of aliphatic hydroxyl groups is 3. The van der Waals surface area contributed by atoms with Crippen molar-refractivity contribution < 1.29 is 20.1 Å². The van der Waals surface area contributed by atoms with Crippen molar-refractivity contribution >= 4 is 0 Å². The summed E-state index contributed by atoms with van der Waals surface area (Å²) in [5.74, 6) is 0. The molecule has 1 aliphatic heterocycles.